The number of fused-ring (bicyclic) bond motifs is 1. The van der Waals surface area contributed by atoms with E-state index in [0.717, 1.165) is 48.4 Å². The van der Waals surface area contributed by atoms with Gasteiger partial charge in [0, 0.05) is 37.6 Å². The van der Waals surface area contributed by atoms with E-state index in [1.54, 1.807) is 0 Å². The third-order valence-corrected chi connectivity index (χ3v) is 6.57. The van der Waals surface area contributed by atoms with Crippen LogP contribution in [0.15, 0.2) is 42.5 Å². The van der Waals surface area contributed by atoms with E-state index >= 15 is 0 Å². The molecule has 6 nitrogen and oxygen atoms in total. The number of hydrogen-bond donors (Lipinski definition) is 1. The summed E-state index contributed by atoms with van der Waals surface area (Å²) in [6.07, 6.45) is 4.58. The average Bonchev–Trinajstić information content (AvgIpc) is 2.79. The van der Waals surface area contributed by atoms with Crippen LogP contribution in [-0.2, 0) is 9.59 Å². The molecule has 0 atom stereocenters. The minimum absolute atomic E-state index is 0.00615. The lowest BCUT2D eigenvalue weighted by Crippen LogP contribution is -2.52. The summed E-state index contributed by atoms with van der Waals surface area (Å²) in [5.74, 6) is 1.62. The molecule has 1 saturated carbocycles. The highest BCUT2D eigenvalue weighted by Crippen LogP contribution is 2.25. The number of benzene rings is 2. The topological polar surface area (TPSA) is 61.9 Å². The van der Waals surface area contributed by atoms with Crippen molar-refractivity contribution in [1.29, 1.82) is 0 Å². The van der Waals surface area contributed by atoms with Gasteiger partial charge in [-0.15, -0.1) is 0 Å². The molecule has 2 aromatic carbocycles. The fourth-order valence-electron chi connectivity index (χ4n) is 4.59. The average molecular weight is 424 g/mol. The molecule has 2 fully saturated rings. The van der Waals surface area contributed by atoms with Crippen molar-refractivity contribution in [3.05, 3.63) is 42.5 Å². The van der Waals surface area contributed by atoms with Gasteiger partial charge in [0.1, 0.15) is 5.75 Å². The molecule has 0 unspecified atom stereocenters. The van der Waals surface area contributed by atoms with Gasteiger partial charge in [-0.3, -0.25) is 14.5 Å². The number of piperazine rings is 1. The highest BCUT2D eigenvalue weighted by Gasteiger charge is 2.24. The molecule has 166 valence electrons. The molecule has 4 rings (SSSR count). The Morgan fingerprint density at radius 3 is 2.45 bits per heavy atom. The number of amides is 2. The number of carbonyl (C=O) groups is 2. The summed E-state index contributed by atoms with van der Waals surface area (Å²) in [4.78, 5) is 29.0. The van der Waals surface area contributed by atoms with Crippen molar-refractivity contribution in [2.45, 2.75) is 38.6 Å². The van der Waals surface area contributed by atoms with Crippen LogP contribution >= 0.6 is 0 Å². The standard InChI is InChI=1S/C25H33N3O3/c1-19-9-11-21(12-10-19)26-24(29)17-27-13-15-28(16-14-27)25(30)18-31-23-8-4-6-20-5-2-3-7-22(20)23/h2-8,19,21H,9-18H2,1H3,(H,26,29). The van der Waals surface area contributed by atoms with Gasteiger partial charge < -0.3 is 15.0 Å². The third-order valence-electron chi connectivity index (χ3n) is 6.57. The van der Waals surface area contributed by atoms with Crippen molar-refractivity contribution in [2.75, 3.05) is 39.3 Å². The predicted molar refractivity (Wildman–Crippen MR) is 122 cm³/mol. The Balaban J connectivity index is 1.19. The Kier molecular flexibility index (Phi) is 7.07. The molecule has 1 N–H and O–H groups in total. The van der Waals surface area contributed by atoms with Gasteiger partial charge in [0.05, 0.1) is 6.54 Å². The minimum atomic E-state index is -0.00615. The van der Waals surface area contributed by atoms with Gasteiger partial charge in [0.2, 0.25) is 5.91 Å². The number of ether oxygens (including phenoxy) is 1. The molecule has 0 radical (unpaired) electrons. The minimum Gasteiger partial charge on any atom is -0.483 e. The number of rotatable bonds is 6. The van der Waals surface area contributed by atoms with E-state index in [0.29, 0.717) is 25.7 Å². The van der Waals surface area contributed by atoms with Crippen molar-refractivity contribution >= 4 is 22.6 Å². The molecule has 6 heteroatoms. The molecule has 0 bridgehead atoms. The Morgan fingerprint density at radius 1 is 0.968 bits per heavy atom. The molecule has 1 heterocycles. The lowest BCUT2D eigenvalue weighted by Gasteiger charge is -2.35. The maximum Gasteiger partial charge on any atom is 0.260 e. The highest BCUT2D eigenvalue weighted by molar-refractivity contribution is 5.88. The van der Waals surface area contributed by atoms with Crippen molar-refractivity contribution in [2.24, 2.45) is 5.92 Å². The van der Waals surface area contributed by atoms with Crippen LogP contribution < -0.4 is 10.1 Å². The summed E-state index contributed by atoms with van der Waals surface area (Å²) in [6, 6.07) is 14.2. The summed E-state index contributed by atoms with van der Waals surface area (Å²) >= 11 is 0. The first-order valence-corrected chi connectivity index (χ1v) is 11.5. The number of hydrogen-bond acceptors (Lipinski definition) is 4. The van der Waals surface area contributed by atoms with Crippen LogP contribution in [0.3, 0.4) is 0 Å². The fourth-order valence-corrected chi connectivity index (χ4v) is 4.59. The van der Waals surface area contributed by atoms with Crippen molar-refractivity contribution in [3.8, 4) is 5.75 Å². The maximum absolute atomic E-state index is 12.6. The molecular formula is C25H33N3O3. The van der Waals surface area contributed by atoms with Crippen LogP contribution in [0.1, 0.15) is 32.6 Å². The molecule has 0 aromatic heterocycles. The van der Waals surface area contributed by atoms with Crippen LogP contribution in [-0.4, -0.2) is 67.0 Å². The van der Waals surface area contributed by atoms with Gasteiger partial charge in [-0.25, -0.2) is 0 Å². The Bertz CT molecular complexity index is 895. The van der Waals surface area contributed by atoms with E-state index in [2.05, 4.69) is 17.1 Å². The zero-order valence-electron chi connectivity index (χ0n) is 18.4. The normalized spacial score (nSPS) is 22.3. The van der Waals surface area contributed by atoms with Crippen molar-refractivity contribution in [1.82, 2.24) is 15.1 Å². The van der Waals surface area contributed by atoms with E-state index in [1.807, 2.05) is 47.4 Å². The van der Waals surface area contributed by atoms with Gasteiger partial charge >= 0.3 is 0 Å². The second-order valence-corrected chi connectivity index (χ2v) is 8.95. The fraction of sp³-hybridized carbons (Fsp3) is 0.520. The Hall–Kier alpha value is -2.60. The van der Waals surface area contributed by atoms with E-state index in [-0.39, 0.29) is 18.4 Å². The van der Waals surface area contributed by atoms with Crippen molar-refractivity contribution < 1.29 is 14.3 Å². The summed E-state index contributed by atoms with van der Waals surface area (Å²) in [5, 5.41) is 5.31. The van der Waals surface area contributed by atoms with E-state index in [1.165, 1.54) is 12.8 Å². The molecule has 1 aliphatic carbocycles. The second-order valence-electron chi connectivity index (χ2n) is 8.95. The quantitative estimate of drug-likeness (QED) is 0.776. The predicted octanol–water partition coefficient (Wildman–Crippen LogP) is 3.06. The third kappa shape index (κ3) is 5.76. The van der Waals surface area contributed by atoms with Crippen LogP contribution in [0.4, 0.5) is 0 Å². The Morgan fingerprint density at radius 2 is 1.68 bits per heavy atom. The lowest BCUT2D eigenvalue weighted by molar-refractivity contribution is -0.135. The SMILES string of the molecule is CC1CCC(NC(=O)CN2CCN(C(=O)COc3cccc4ccccc34)CC2)CC1. The molecule has 1 aliphatic heterocycles. The first-order valence-electron chi connectivity index (χ1n) is 11.5. The lowest BCUT2D eigenvalue weighted by atomic mass is 9.87. The highest BCUT2D eigenvalue weighted by atomic mass is 16.5. The van der Waals surface area contributed by atoms with Crippen LogP contribution in [0.25, 0.3) is 10.8 Å². The molecule has 2 aliphatic rings. The maximum atomic E-state index is 12.6. The zero-order chi connectivity index (χ0) is 21.6. The van der Waals surface area contributed by atoms with Gasteiger partial charge in [-0.05, 0) is 43.1 Å². The molecule has 0 spiro atoms. The number of nitrogens with zero attached hydrogens (tertiary/aromatic N) is 2. The summed E-state index contributed by atoms with van der Waals surface area (Å²) in [7, 11) is 0. The molecular weight excluding hydrogens is 390 g/mol. The van der Waals surface area contributed by atoms with E-state index in [4.69, 9.17) is 4.74 Å². The Labute approximate surface area is 184 Å². The summed E-state index contributed by atoms with van der Waals surface area (Å²) in [5.41, 5.74) is 0. The number of nitrogens with one attached hydrogen (secondary N) is 1. The van der Waals surface area contributed by atoms with E-state index in [9.17, 15) is 9.59 Å². The van der Waals surface area contributed by atoms with Crippen LogP contribution in [0.5, 0.6) is 5.75 Å². The van der Waals surface area contributed by atoms with Crippen LogP contribution in [0, 0.1) is 5.92 Å². The second kappa shape index (κ2) is 10.1. The van der Waals surface area contributed by atoms with E-state index < -0.39 is 0 Å². The summed E-state index contributed by atoms with van der Waals surface area (Å²) in [6.45, 7) is 5.43. The molecule has 1 saturated heterocycles. The van der Waals surface area contributed by atoms with Gasteiger partial charge in [0.25, 0.3) is 5.91 Å². The zero-order valence-corrected chi connectivity index (χ0v) is 18.4. The van der Waals surface area contributed by atoms with Gasteiger partial charge in [0.15, 0.2) is 6.61 Å². The first-order chi connectivity index (χ1) is 15.1. The monoisotopic (exact) mass is 423 g/mol. The van der Waals surface area contributed by atoms with Gasteiger partial charge in [-0.1, -0.05) is 43.3 Å². The number of carbonyl (C=O) groups excluding carboxylic acids is 2. The molecule has 2 aromatic rings. The van der Waals surface area contributed by atoms with Crippen molar-refractivity contribution in [3.63, 3.8) is 0 Å². The summed E-state index contributed by atoms with van der Waals surface area (Å²) < 4.78 is 5.85. The first kappa shape index (κ1) is 21.6. The van der Waals surface area contributed by atoms with Crippen LogP contribution in [0.2, 0.25) is 0 Å². The largest absolute Gasteiger partial charge is 0.483 e. The molecule has 31 heavy (non-hydrogen) atoms. The van der Waals surface area contributed by atoms with Gasteiger partial charge in [-0.2, -0.15) is 0 Å². The molecule has 2 amide bonds. The smallest absolute Gasteiger partial charge is 0.260 e.